The third-order valence-electron chi connectivity index (χ3n) is 11.4. The molecule has 0 unspecified atom stereocenters. The van der Waals surface area contributed by atoms with Gasteiger partial charge in [-0.25, -0.2) is 0 Å². The fourth-order valence-corrected chi connectivity index (χ4v) is 8.70. The topological polar surface area (TPSA) is 32.8 Å². The van der Waals surface area contributed by atoms with E-state index in [0.717, 1.165) is 55.2 Å². The summed E-state index contributed by atoms with van der Waals surface area (Å²) in [7, 11) is 0. The predicted octanol–water partition coefficient (Wildman–Crippen LogP) is 16.8. The van der Waals surface area contributed by atoms with Gasteiger partial charge < -0.3 is 18.6 Å². The molecule has 9 aromatic carbocycles. The number of hydrogen-bond donors (Lipinski definition) is 0. The minimum absolute atomic E-state index is 0.00801. The van der Waals surface area contributed by atoms with Crippen LogP contribution >= 0.6 is 0 Å². The average Bonchev–Trinajstić information content (AvgIpc) is 3.82. The van der Waals surface area contributed by atoms with Crippen molar-refractivity contribution in [2.45, 2.75) is 12.4 Å². The minimum Gasteiger partial charge on any atom is -0.456 e. The number of benzene rings is 9. The number of rotatable bonds is 6. The van der Waals surface area contributed by atoms with Gasteiger partial charge in [-0.2, -0.15) is 26.3 Å². The molecule has 0 saturated heterocycles. The Labute approximate surface area is 349 Å². The summed E-state index contributed by atoms with van der Waals surface area (Å²) in [5.74, 6) is 0. The maximum Gasteiger partial charge on any atom is 0.418 e. The molecule has 0 aliphatic carbocycles. The molecule has 0 amide bonds. The van der Waals surface area contributed by atoms with Gasteiger partial charge >= 0.3 is 12.4 Å². The summed E-state index contributed by atoms with van der Waals surface area (Å²) < 4.78 is 99.1. The van der Waals surface area contributed by atoms with Crippen molar-refractivity contribution in [2.75, 3.05) is 9.80 Å². The van der Waals surface area contributed by atoms with E-state index in [1.54, 1.807) is 70.5 Å². The molecule has 0 spiro atoms. The van der Waals surface area contributed by atoms with Crippen molar-refractivity contribution in [1.82, 2.24) is 0 Å². The standard InChI is InChI=1S/C52H30F6N2O2/c53-51(54,55)41-15-7-9-17-43(41)59(35-11-3-1-4-12-35)37-21-19-31-27-39-47(29-33(31)25-37)61-45-23-24-46-50(49(39)45)40-28-32-20-22-38(26-34(32)30-48(40)62-46)60(36-13-5-2-6-14-36)44-18-10-8-16-42(44)52(56,57)58/h1-30H. The van der Waals surface area contributed by atoms with Crippen molar-refractivity contribution in [3.63, 3.8) is 0 Å². The van der Waals surface area contributed by atoms with Crippen LogP contribution in [0.5, 0.6) is 0 Å². The van der Waals surface area contributed by atoms with Crippen LogP contribution in [0.3, 0.4) is 0 Å². The molecule has 0 radical (unpaired) electrons. The monoisotopic (exact) mass is 828 g/mol. The first-order chi connectivity index (χ1) is 30.0. The quantitative estimate of drug-likeness (QED) is 0.156. The van der Waals surface area contributed by atoms with E-state index in [-0.39, 0.29) is 11.4 Å². The van der Waals surface area contributed by atoms with Crippen LogP contribution in [0.2, 0.25) is 0 Å². The van der Waals surface area contributed by atoms with Gasteiger partial charge in [0.25, 0.3) is 0 Å². The lowest BCUT2D eigenvalue weighted by molar-refractivity contribution is -0.137. The molecule has 2 aromatic heterocycles. The molecule has 0 N–H and O–H groups in total. The van der Waals surface area contributed by atoms with Gasteiger partial charge in [0.05, 0.1) is 22.5 Å². The summed E-state index contributed by atoms with van der Waals surface area (Å²) in [4.78, 5) is 3.22. The summed E-state index contributed by atoms with van der Waals surface area (Å²) in [6, 6.07) is 51.8. The number of halogens is 6. The van der Waals surface area contributed by atoms with Crippen molar-refractivity contribution < 1.29 is 35.2 Å². The van der Waals surface area contributed by atoms with E-state index in [1.165, 1.54) is 24.3 Å². The van der Waals surface area contributed by atoms with Gasteiger partial charge in [0.15, 0.2) is 0 Å². The second-order valence-electron chi connectivity index (χ2n) is 15.1. The first-order valence-corrected chi connectivity index (χ1v) is 19.7. The van der Waals surface area contributed by atoms with Gasteiger partial charge in [0.2, 0.25) is 0 Å². The highest BCUT2D eigenvalue weighted by atomic mass is 19.4. The lowest BCUT2D eigenvalue weighted by Crippen LogP contribution is -2.16. The molecule has 4 nitrogen and oxygen atoms in total. The fourth-order valence-electron chi connectivity index (χ4n) is 8.70. The lowest BCUT2D eigenvalue weighted by atomic mass is 10.00. The molecule has 0 atom stereocenters. The Morgan fingerprint density at radius 2 is 0.710 bits per heavy atom. The third-order valence-corrected chi connectivity index (χ3v) is 11.4. The highest BCUT2D eigenvalue weighted by Crippen LogP contribution is 2.47. The highest BCUT2D eigenvalue weighted by molar-refractivity contribution is 6.27. The van der Waals surface area contributed by atoms with Crippen molar-refractivity contribution in [3.05, 3.63) is 193 Å². The largest absolute Gasteiger partial charge is 0.456 e. The number of fused-ring (bicyclic) bond motifs is 9. The van der Waals surface area contributed by atoms with Crippen LogP contribution in [0.4, 0.5) is 60.5 Å². The van der Waals surface area contributed by atoms with E-state index in [9.17, 15) is 26.3 Å². The average molecular weight is 829 g/mol. The smallest absolute Gasteiger partial charge is 0.418 e. The normalized spacial score (nSPS) is 12.4. The number of para-hydroxylation sites is 4. The van der Waals surface area contributed by atoms with E-state index >= 15 is 0 Å². The van der Waals surface area contributed by atoms with Crippen LogP contribution in [-0.4, -0.2) is 0 Å². The molecule has 0 bridgehead atoms. The van der Waals surface area contributed by atoms with E-state index in [1.807, 2.05) is 84.9 Å². The number of hydrogen-bond acceptors (Lipinski definition) is 4. The van der Waals surface area contributed by atoms with Crippen molar-refractivity contribution in [2.24, 2.45) is 0 Å². The summed E-state index contributed by atoms with van der Waals surface area (Å²) in [5.41, 5.74) is 3.22. The zero-order valence-electron chi connectivity index (χ0n) is 32.3. The molecule has 0 aliphatic heterocycles. The molecular formula is C52H30F6N2O2. The first kappa shape index (κ1) is 37.3. The van der Waals surface area contributed by atoms with E-state index in [2.05, 4.69) is 0 Å². The number of anilines is 6. The molecule has 0 fully saturated rings. The first-order valence-electron chi connectivity index (χ1n) is 19.7. The molecule has 0 aliphatic rings. The van der Waals surface area contributed by atoms with Crippen molar-refractivity contribution in [1.29, 1.82) is 0 Å². The summed E-state index contributed by atoms with van der Waals surface area (Å²) in [6.07, 6.45) is -9.15. The Morgan fingerprint density at radius 1 is 0.323 bits per heavy atom. The molecule has 302 valence electrons. The molecular weight excluding hydrogens is 799 g/mol. The van der Waals surface area contributed by atoms with Crippen LogP contribution in [0, 0.1) is 0 Å². The SMILES string of the molecule is FC(F)(F)c1ccccc1N(c1ccccc1)c1ccc2cc3c(cc2c1)oc1ccc2oc4cc5cc(N(c6ccccc6)c6ccccc6C(F)(F)F)ccc5cc4c2c13. The zero-order valence-corrected chi connectivity index (χ0v) is 32.3. The van der Waals surface area contributed by atoms with Crippen LogP contribution < -0.4 is 9.80 Å². The lowest BCUT2D eigenvalue weighted by Gasteiger charge is -2.28. The molecule has 62 heavy (non-hydrogen) atoms. The van der Waals surface area contributed by atoms with E-state index < -0.39 is 23.5 Å². The van der Waals surface area contributed by atoms with Gasteiger partial charge in [-0.1, -0.05) is 72.8 Å². The van der Waals surface area contributed by atoms with Crippen molar-refractivity contribution >= 4 is 99.5 Å². The number of alkyl halides is 6. The summed E-state index contributed by atoms with van der Waals surface area (Å²) >= 11 is 0. The summed E-state index contributed by atoms with van der Waals surface area (Å²) in [5, 5.41) is 6.65. The van der Waals surface area contributed by atoms with Gasteiger partial charge in [-0.3, -0.25) is 0 Å². The Balaban J connectivity index is 1.05. The summed E-state index contributed by atoms with van der Waals surface area (Å²) in [6.45, 7) is 0. The second kappa shape index (κ2) is 13.9. The molecule has 2 heterocycles. The third kappa shape index (κ3) is 6.17. The number of nitrogens with zero attached hydrogens (tertiary/aromatic N) is 2. The zero-order chi connectivity index (χ0) is 42.3. The number of furan rings is 2. The maximum absolute atomic E-state index is 14.4. The molecule has 11 aromatic rings. The predicted molar refractivity (Wildman–Crippen MR) is 235 cm³/mol. The maximum atomic E-state index is 14.4. The van der Waals surface area contributed by atoms with Gasteiger partial charge in [0.1, 0.15) is 22.3 Å². The fraction of sp³-hybridized carbons (Fsp3) is 0.0385. The minimum atomic E-state index is -4.57. The van der Waals surface area contributed by atoms with Crippen LogP contribution in [0.15, 0.2) is 191 Å². The van der Waals surface area contributed by atoms with Gasteiger partial charge in [-0.15, -0.1) is 0 Å². The Bertz CT molecular complexity index is 3290. The molecule has 0 saturated carbocycles. The molecule has 11 rings (SSSR count). The van der Waals surface area contributed by atoms with E-state index in [4.69, 9.17) is 8.83 Å². The van der Waals surface area contributed by atoms with Gasteiger partial charge in [0, 0.05) is 44.3 Å². The van der Waals surface area contributed by atoms with Crippen LogP contribution in [0.1, 0.15) is 11.1 Å². The van der Waals surface area contributed by atoms with Crippen LogP contribution in [0.25, 0.3) is 65.4 Å². The molecule has 10 heteroatoms. The Kier molecular flexibility index (Phi) is 8.37. The Morgan fingerprint density at radius 3 is 1.11 bits per heavy atom. The Hall–Kier alpha value is -7.72. The van der Waals surface area contributed by atoms with Gasteiger partial charge in [-0.05, 0) is 131 Å². The highest BCUT2D eigenvalue weighted by Gasteiger charge is 2.36. The van der Waals surface area contributed by atoms with E-state index in [0.29, 0.717) is 45.1 Å². The van der Waals surface area contributed by atoms with Crippen LogP contribution in [-0.2, 0) is 12.4 Å². The second-order valence-corrected chi connectivity index (χ2v) is 15.1. The van der Waals surface area contributed by atoms with Crippen molar-refractivity contribution in [3.8, 4) is 0 Å².